The van der Waals surface area contributed by atoms with E-state index in [0.29, 0.717) is 22.7 Å². The van der Waals surface area contributed by atoms with E-state index in [1.54, 1.807) is 25.4 Å². The van der Waals surface area contributed by atoms with Gasteiger partial charge in [0.25, 0.3) is 0 Å². The van der Waals surface area contributed by atoms with Crippen molar-refractivity contribution in [1.82, 2.24) is 24.6 Å². The average molecular weight is 460 g/mol. The first-order chi connectivity index (χ1) is 15.4. The Bertz CT molecular complexity index is 1070. The van der Waals surface area contributed by atoms with Gasteiger partial charge in [-0.25, -0.2) is 20.0 Å². The van der Waals surface area contributed by atoms with Gasteiger partial charge in [-0.05, 0) is 38.8 Å². The van der Waals surface area contributed by atoms with Crippen molar-refractivity contribution in [2.24, 2.45) is 0 Å². The number of nitrogens with one attached hydrogen (secondary N) is 1. The fourth-order valence-corrected chi connectivity index (χ4v) is 4.70. The minimum atomic E-state index is -1.72. The van der Waals surface area contributed by atoms with Gasteiger partial charge >= 0.3 is 14.5 Å². The topological polar surface area (TPSA) is 147 Å². The van der Waals surface area contributed by atoms with Gasteiger partial charge in [-0.15, -0.1) is 0 Å². The van der Waals surface area contributed by atoms with Crippen LogP contribution in [0, 0.1) is 0 Å². The fourth-order valence-electron chi connectivity index (χ4n) is 3.36. The molecule has 1 aliphatic rings. The van der Waals surface area contributed by atoms with E-state index in [1.165, 1.54) is 6.33 Å². The number of carboxylic acids is 1. The van der Waals surface area contributed by atoms with E-state index in [1.807, 2.05) is 29.7 Å². The Morgan fingerprint density at radius 1 is 1.28 bits per heavy atom. The summed E-state index contributed by atoms with van der Waals surface area (Å²) in [5.41, 5.74) is 7.03. The molecular formula is C20H25N6O5P. The average Bonchev–Trinajstić information content (AvgIpc) is 3.42. The maximum Gasteiger partial charge on any atom is 0.320 e. The van der Waals surface area contributed by atoms with Gasteiger partial charge in [0.2, 0.25) is 0 Å². The number of carboxylic acid groups (broad SMARTS) is 1. The Kier molecular flexibility index (Phi) is 6.80. The van der Waals surface area contributed by atoms with Crippen molar-refractivity contribution in [2.45, 2.75) is 51.2 Å². The third kappa shape index (κ3) is 4.97. The van der Waals surface area contributed by atoms with Gasteiger partial charge in [-0.2, -0.15) is 0 Å². The van der Waals surface area contributed by atoms with Crippen LogP contribution in [0.1, 0.15) is 32.9 Å². The third-order valence-electron chi connectivity index (χ3n) is 5.11. The molecule has 3 heterocycles. The first-order valence-electron chi connectivity index (χ1n) is 10.2. The number of imidazole rings is 1. The number of aromatic nitrogens is 4. The lowest BCUT2D eigenvalue weighted by atomic mass is 10.1. The van der Waals surface area contributed by atoms with E-state index in [9.17, 15) is 9.90 Å². The molecule has 2 aromatic heterocycles. The Morgan fingerprint density at radius 2 is 2.06 bits per heavy atom. The molecule has 32 heavy (non-hydrogen) atoms. The van der Waals surface area contributed by atoms with Crippen LogP contribution in [-0.2, 0) is 14.1 Å². The molecule has 11 nitrogen and oxygen atoms in total. The van der Waals surface area contributed by atoms with Crippen molar-refractivity contribution in [1.29, 1.82) is 0 Å². The number of hydrogen-bond acceptors (Lipinski definition) is 9. The molecule has 170 valence electrons. The number of carbonyl (C=O) groups is 1. The number of ether oxygens (including phenoxy) is 1. The van der Waals surface area contributed by atoms with Gasteiger partial charge in [0.1, 0.15) is 29.9 Å². The third-order valence-corrected chi connectivity index (χ3v) is 6.61. The molecule has 0 saturated carbocycles. The molecule has 0 amide bonds. The second-order valence-corrected chi connectivity index (χ2v) is 8.62. The summed E-state index contributed by atoms with van der Waals surface area (Å²) in [5, 5.41) is 12.2. The van der Waals surface area contributed by atoms with Crippen LogP contribution < -0.4 is 15.3 Å². The molecule has 1 aromatic carbocycles. The maximum atomic E-state index is 11.3. The van der Waals surface area contributed by atoms with Crippen LogP contribution in [0.15, 0.2) is 43.0 Å². The van der Waals surface area contributed by atoms with Gasteiger partial charge in [0.15, 0.2) is 11.5 Å². The van der Waals surface area contributed by atoms with E-state index in [4.69, 9.17) is 19.5 Å². The van der Waals surface area contributed by atoms with Crippen molar-refractivity contribution in [3.8, 4) is 5.75 Å². The van der Waals surface area contributed by atoms with E-state index < -0.39 is 20.5 Å². The van der Waals surface area contributed by atoms with Crippen LogP contribution in [0.5, 0.6) is 5.75 Å². The lowest BCUT2D eigenvalue weighted by molar-refractivity contribution is -0.138. The SMILES string of the molecule is CC(NP(Oc1ccccc1)OC(C)C1CCC(n2cnc3c(N)ncnc32)O1)C(=O)O. The molecule has 5 atom stereocenters. The van der Waals surface area contributed by atoms with Crippen LogP contribution in [0.4, 0.5) is 5.82 Å². The number of para-hydroxylation sites is 1. The number of aliphatic carboxylic acids is 1. The molecule has 0 radical (unpaired) electrons. The van der Waals surface area contributed by atoms with Crippen LogP contribution in [-0.4, -0.2) is 48.8 Å². The van der Waals surface area contributed by atoms with Gasteiger partial charge in [-0.1, -0.05) is 18.2 Å². The summed E-state index contributed by atoms with van der Waals surface area (Å²) in [7, 11) is -1.72. The zero-order valence-electron chi connectivity index (χ0n) is 17.7. The highest BCUT2D eigenvalue weighted by atomic mass is 31.2. The standard InChI is InChI=1S/C20H25N6O5P/c1-12(20(27)28)25-32(31-14-6-4-3-5-7-14)30-13(2)15-8-9-16(29-15)26-11-24-17-18(21)22-10-23-19(17)26/h3-7,10-13,15-16,25H,8-9H2,1-2H3,(H,27,28)(H2,21,22,23). The van der Waals surface area contributed by atoms with E-state index >= 15 is 0 Å². The van der Waals surface area contributed by atoms with Gasteiger partial charge in [0.05, 0.1) is 18.5 Å². The number of rotatable bonds is 9. The highest BCUT2D eigenvalue weighted by molar-refractivity contribution is 7.45. The number of benzene rings is 1. The molecule has 0 bridgehead atoms. The minimum absolute atomic E-state index is 0.219. The highest BCUT2D eigenvalue weighted by Crippen LogP contribution is 2.41. The molecule has 3 aromatic rings. The Morgan fingerprint density at radius 3 is 2.81 bits per heavy atom. The zero-order valence-corrected chi connectivity index (χ0v) is 18.6. The summed E-state index contributed by atoms with van der Waals surface area (Å²) in [6.07, 6.45) is 3.70. The lowest BCUT2D eigenvalue weighted by Gasteiger charge is -2.27. The first kappa shape index (κ1) is 22.3. The van der Waals surface area contributed by atoms with Gasteiger partial charge in [-0.3, -0.25) is 9.36 Å². The van der Waals surface area contributed by atoms with Gasteiger partial charge in [0, 0.05) is 0 Å². The second kappa shape index (κ2) is 9.74. The molecule has 12 heteroatoms. The molecule has 0 spiro atoms. The maximum absolute atomic E-state index is 11.3. The smallest absolute Gasteiger partial charge is 0.320 e. The number of nitrogens with two attached hydrogens (primary N) is 1. The van der Waals surface area contributed by atoms with Crippen LogP contribution in [0.25, 0.3) is 11.2 Å². The molecule has 0 aliphatic carbocycles. The number of hydrogen-bond donors (Lipinski definition) is 3. The van der Waals surface area contributed by atoms with E-state index in [0.717, 1.165) is 12.8 Å². The van der Waals surface area contributed by atoms with Crippen molar-refractivity contribution in [3.63, 3.8) is 0 Å². The predicted octanol–water partition coefficient (Wildman–Crippen LogP) is 2.86. The monoisotopic (exact) mass is 460 g/mol. The van der Waals surface area contributed by atoms with E-state index in [2.05, 4.69) is 20.0 Å². The number of anilines is 1. The first-order valence-corrected chi connectivity index (χ1v) is 11.4. The zero-order chi connectivity index (χ0) is 22.7. The Labute approximate surface area is 185 Å². The summed E-state index contributed by atoms with van der Waals surface area (Å²) in [6, 6.07) is 8.28. The number of fused-ring (bicyclic) bond motifs is 1. The molecule has 1 fully saturated rings. The number of nitrogens with zero attached hydrogens (tertiary/aromatic N) is 4. The van der Waals surface area contributed by atoms with E-state index in [-0.39, 0.29) is 18.4 Å². The normalized spacial score (nSPS) is 21.3. The highest BCUT2D eigenvalue weighted by Gasteiger charge is 2.34. The quantitative estimate of drug-likeness (QED) is 0.407. The van der Waals surface area contributed by atoms with Crippen molar-refractivity contribution < 1.29 is 23.7 Å². The molecule has 4 N–H and O–H groups in total. The molecule has 1 saturated heterocycles. The molecular weight excluding hydrogens is 435 g/mol. The largest absolute Gasteiger partial charge is 0.480 e. The van der Waals surface area contributed by atoms with Crippen LogP contribution >= 0.6 is 8.53 Å². The Balaban J connectivity index is 1.43. The fraction of sp³-hybridized carbons (Fsp3) is 0.400. The molecule has 4 rings (SSSR count). The van der Waals surface area contributed by atoms with Crippen molar-refractivity contribution >= 4 is 31.5 Å². The summed E-state index contributed by atoms with van der Waals surface area (Å²) >= 11 is 0. The summed E-state index contributed by atoms with van der Waals surface area (Å²) in [6.45, 7) is 3.43. The minimum Gasteiger partial charge on any atom is -0.480 e. The van der Waals surface area contributed by atoms with Crippen LogP contribution in [0.2, 0.25) is 0 Å². The lowest BCUT2D eigenvalue weighted by Crippen LogP contribution is -2.34. The summed E-state index contributed by atoms with van der Waals surface area (Å²) in [5.74, 6) is -0.0820. The van der Waals surface area contributed by atoms with Gasteiger partial charge < -0.3 is 24.6 Å². The predicted molar refractivity (Wildman–Crippen MR) is 118 cm³/mol. The summed E-state index contributed by atoms with van der Waals surface area (Å²) < 4.78 is 20.1. The molecule has 5 unspecified atom stereocenters. The Hall–Kier alpha value is -2.85. The summed E-state index contributed by atoms with van der Waals surface area (Å²) in [4.78, 5) is 23.9. The second-order valence-electron chi connectivity index (χ2n) is 7.45. The van der Waals surface area contributed by atoms with Crippen LogP contribution in [0.3, 0.4) is 0 Å². The van der Waals surface area contributed by atoms with Crippen molar-refractivity contribution in [2.75, 3.05) is 5.73 Å². The molecule has 1 aliphatic heterocycles. The number of nitrogen functional groups attached to an aromatic ring is 1. The van der Waals surface area contributed by atoms with Crippen molar-refractivity contribution in [3.05, 3.63) is 43.0 Å².